The summed E-state index contributed by atoms with van der Waals surface area (Å²) in [5.41, 5.74) is 1.23. The van der Waals surface area contributed by atoms with Crippen molar-refractivity contribution in [2.75, 3.05) is 5.32 Å². The smallest absolute Gasteiger partial charge is 0.288 e. The second kappa shape index (κ2) is 8.18. The van der Waals surface area contributed by atoms with Gasteiger partial charge in [0.2, 0.25) is 0 Å². The van der Waals surface area contributed by atoms with Crippen LogP contribution >= 0.6 is 34.8 Å². The van der Waals surface area contributed by atoms with E-state index in [-0.39, 0.29) is 16.3 Å². The van der Waals surface area contributed by atoms with Crippen molar-refractivity contribution in [2.24, 2.45) is 0 Å². The minimum Gasteiger partial charge on any atom is -0.305 e. The molecule has 1 heterocycles. The highest BCUT2D eigenvalue weighted by Gasteiger charge is 2.17. The van der Waals surface area contributed by atoms with Crippen molar-refractivity contribution in [3.05, 3.63) is 84.5 Å². The zero-order chi connectivity index (χ0) is 20.4. The average Bonchev–Trinajstić information content (AvgIpc) is 2.97. The number of anilines is 1. The molecule has 0 saturated carbocycles. The molecule has 0 radical (unpaired) electrons. The van der Waals surface area contributed by atoms with E-state index in [0.717, 1.165) is 11.8 Å². The molecule has 0 aliphatic rings. The molecule has 7 nitrogen and oxygen atoms in total. The second-order valence-electron chi connectivity index (χ2n) is 5.91. The second-order valence-corrected chi connectivity index (χ2v) is 7.13. The van der Waals surface area contributed by atoms with Gasteiger partial charge >= 0.3 is 0 Å². The summed E-state index contributed by atoms with van der Waals surface area (Å²) in [7, 11) is 0. The minimum atomic E-state index is -0.647. The van der Waals surface area contributed by atoms with Gasteiger partial charge in [0.05, 0.1) is 11.5 Å². The van der Waals surface area contributed by atoms with E-state index in [4.69, 9.17) is 34.8 Å². The van der Waals surface area contributed by atoms with E-state index in [1.165, 1.54) is 12.1 Å². The number of nitrogens with one attached hydrogen (secondary N) is 1. The van der Waals surface area contributed by atoms with E-state index in [9.17, 15) is 14.9 Å². The molecule has 0 unspecified atom stereocenters. The average molecular weight is 440 g/mol. The molecule has 10 heteroatoms. The fourth-order valence-corrected chi connectivity index (χ4v) is 3.25. The molecule has 0 saturated heterocycles. The van der Waals surface area contributed by atoms with Crippen molar-refractivity contribution in [2.45, 2.75) is 13.5 Å². The number of carbonyl (C=O) groups excluding carboxylic acids is 1. The monoisotopic (exact) mass is 438 g/mol. The van der Waals surface area contributed by atoms with E-state index in [1.807, 2.05) is 6.92 Å². The first-order valence-corrected chi connectivity index (χ1v) is 9.12. The molecule has 3 rings (SSSR count). The van der Waals surface area contributed by atoms with Crippen molar-refractivity contribution in [3.63, 3.8) is 0 Å². The van der Waals surface area contributed by atoms with Crippen LogP contribution in [0.2, 0.25) is 15.1 Å². The third-order valence-electron chi connectivity index (χ3n) is 4.00. The number of benzene rings is 2. The highest BCUT2D eigenvalue weighted by molar-refractivity contribution is 6.36. The lowest BCUT2D eigenvalue weighted by Gasteiger charge is -2.08. The molecular formula is C18H13Cl3N4O3. The first-order chi connectivity index (χ1) is 13.3. The zero-order valence-corrected chi connectivity index (χ0v) is 16.7. The van der Waals surface area contributed by atoms with E-state index >= 15 is 0 Å². The van der Waals surface area contributed by atoms with Crippen molar-refractivity contribution in [3.8, 4) is 0 Å². The third-order valence-corrected chi connectivity index (χ3v) is 5.03. The van der Waals surface area contributed by atoms with Crippen LogP contribution in [0.4, 0.5) is 11.5 Å². The van der Waals surface area contributed by atoms with E-state index < -0.39 is 10.8 Å². The summed E-state index contributed by atoms with van der Waals surface area (Å²) in [6.07, 6.45) is 0. The lowest BCUT2D eigenvalue weighted by atomic mass is 10.2. The summed E-state index contributed by atoms with van der Waals surface area (Å²) in [5.74, 6) is -0.247. The van der Waals surface area contributed by atoms with Crippen LogP contribution in [0.5, 0.6) is 0 Å². The van der Waals surface area contributed by atoms with Crippen LogP contribution in [0.3, 0.4) is 0 Å². The van der Waals surface area contributed by atoms with Crippen LogP contribution < -0.4 is 5.32 Å². The molecular weight excluding hydrogens is 427 g/mol. The minimum absolute atomic E-state index is 0.0432. The van der Waals surface area contributed by atoms with Gasteiger partial charge in [0.25, 0.3) is 11.6 Å². The first-order valence-electron chi connectivity index (χ1n) is 7.99. The van der Waals surface area contributed by atoms with Gasteiger partial charge in [-0.05, 0) is 31.2 Å². The Kier molecular flexibility index (Phi) is 5.88. The van der Waals surface area contributed by atoms with E-state index in [0.29, 0.717) is 28.0 Å². The number of nitro groups is 1. The van der Waals surface area contributed by atoms with Crippen molar-refractivity contribution in [1.82, 2.24) is 9.78 Å². The van der Waals surface area contributed by atoms with E-state index in [1.54, 1.807) is 28.9 Å². The molecule has 0 aliphatic carbocycles. The topological polar surface area (TPSA) is 90.1 Å². The summed E-state index contributed by atoms with van der Waals surface area (Å²) >= 11 is 18.2. The van der Waals surface area contributed by atoms with Gasteiger partial charge in [-0.25, -0.2) is 0 Å². The molecule has 3 aromatic rings. The van der Waals surface area contributed by atoms with Crippen LogP contribution in [0.1, 0.15) is 21.6 Å². The van der Waals surface area contributed by atoms with Crippen molar-refractivity contribution >= 4 is 52.2 Å². The number of carbonyl (C=O) groups is 1. The predicted octanol–water partition coefficient (Wildman–Crippen LogP) is 5.36. The van der Waals surface area contributed by atoms with Gasteiger partial charge in [-0.2, -0.15) is 5.10 Å². The van der Waals surface area contributed by atoms with Crippen LogP contribution in [0.15, 0.2) is 42.5 Å². The van der Waals surface area contributed by atoms with Crippen LogP contribution in [-0.4, -0.2) is 20.6 Å². The quantitative estimate of drug-likeness (QED) is 0.428. The number of nitro benzene ring substituents is 1. The number of aromatic nitrogens is 2. The normalized spacial score (nSPS) is 10.7. The maximum Gasteiger partial charge on any atom is 0.288 e. The zero-order valence-electron chi connectivity index (χ0n) is 14.4. The Labute approximate surface area is 175 Å². The van der Waals surface area contributed by atoms with Gasteiger partial charge in [-0.1, -0.05) is 40.9 Å². The number of hydrogen-bond acceptors (Lipinski definition) is 4. The van der Waals surface area contributed by atoms with Crippen LogP contribution in [0, 0.1) is 17.0 Å². The molecule has 0 fully saturated rings. The highest BCUT2D eigenvalue weighted by atomic mass is 35.5. The van der Waals surface area contributed by atoms with Gasteiger partial charge in [-0.15, -0.1) is 0 Å². The highest BCUT2D eigenvalue weighted by Crippen LogP contribution is 2.27. The number of nitrogens with zero attached hydrogens (tertiary/aromatic N) is 3. The molecule has 28 heavy (non-hydrogen) atoms. The standard InChI is InChI=1S/C18H13Cl3N4O3/c1-10-7-17(23-24(10)9-12-13(19)3-2-4-14(12)20)22-18(26)11-5-6-15(21)16(8-11)25(27)28/h2-8H,9H2,1H3,(H,22,23,26). The summed E-state index contributed by atoms with van der Waals surface area (Å²) in [4.78, 5) is 22.8. The van der Waals surface area contributed by atoms with Crippen LogP contribution in [-0.2, 0) is 6.54 Å². The van der Waals surface area contributed by atoms with Crippen molar-refractivity contribution in [1.29, 1.82) is 0 Å². The number of aryl methyl sites for hydroxylation is 1. The number of hydrogen-bond donors (Lipinski definition) is 1. The fraction of sp³-hybridized carbons (Fsp3) is 0.111. The van der Waals surface area contributed by atoms with Gasteiger partial charge in [0.1, 0.15) is 5.02 Å². The van der Waals surface area contributed by atoms with Gasteiger partial charge < -0.3 is 5.32 Å². The maximum absolute atomic E-state index is 12.4. The Morgan fingerprint density at radius 1 is 1.14 bits per heavy atom. The molecule has 1 aromatic heterocycles. The summed E-state index contributed by atoms with van der Waals surface area (Å²) in [6.45, 7) is 2.15. The number of halogens is 3. The van der Waals surface area contributed by atoms with Gasteiger partial charge in [0.15, 0.2) is 5.82 Å². The lowest BCUT2D eigenvalue weighted by molar-refractivity contribution is -0.384. The van der Waals surface area contributed by atoms with Crippen molar-refractivity contribution < 1.29 is 9.72 Å². The lowest BCUT2D eigenvalue weighted by Crippen LogP contribution is -2.13. The number of rotatable bonds is 5. The molecule has 0 atom stereocenters. The Balaban J connectivity index is 1.81. The summed E-state index contributed by atoms with van der Waals surface area (Å²) < 4.78 is 1.65. The molecule has 0 bridgehead atoms. The fourth-order valence-electron chi connectivity index (χ4n) is 2.55. The SMILES string of the molecule is Cc1cc(NC(=O)c2ccc(Cl)c([N+](=O)[O-])c2)nn1Cc1c(Cl)cccc1Cl. The maximum atomic E-state index is 12.4. The molecule has 0 aliphatic heterocycles. The largest absolute Gasteiger partial charge is 0.305 e. The first kappa shape index (κ1) is 20.1. The Hall–Kier alpha value is -2.61. The molecule has 2 aromatic carbocycles. The molecule has 0 spiro atoms. The third kappa shape index (κ3) is 4.27. The Morgan fingerprint density at radius 3 is 2.46 bits per heavy atom. The Morgan fingerprint density at radius 2 is 1.82 bits per heavy atom. The molecule has 144 valence electrons. The van der Waals surface area contributed by atoms with Crippen LogP contribution in [0.25, 0.3) is 0 Å². The predicted molar refractivity (Wildman–Crippen MR) is 109 cm³/mol. The molecule has 1 amide bonds. The number of amides is 1. The molecule has 1 N–H and O–H groups in total. The summed E-state index contributed by atoms with van der Waals surface area (Å²) in [5, 5.41) is 18.9. The Bertz CT molecular complexity index is 1060. The van der Waals surface area contributed by atoms with Gasteiger partial charge in [-0.3, -0.25) is 19.6 Å². The van der Waals surface area contributed by atoms with Gasteiger partial charge in [0, 0.05) is 39.0 Å². The van der Waals surface area contributed by atoms with E-state index in [2.05, 4.69) is 10.4 Å². The summed E-state index contributed by atoms with van der Waals surface area (Å²) in [6, 6.07) is 10.7.